The summed E-state index contributed by atoms with van der Waals surface area (Å²) in [5.74, 6) is -0.800. The summed E-state index contributed by atoms with van der Waals surface area (Å²) in [6.07, 6.45) is 0.0637. The molecule has 110 valence electrons. The van der Waals surface area contributed by atoms with E-state index in [1.807, 2.05) is 30.3 Å². The number of hydrogen-bond acceptors (Lipinski definition) is 3. The van der Waals surface area contributed by atoms with Crippen molar-refractivity contribution >= 4 is 11.5 Å². The van der Waals surface area contributed by atoms with E-state index >= 15 is 0 Å². The summed E-state index contributed by atoms with van der Waals surface area (Å²) in [4.78, 5) is 10.8. The highest BCUT2D eigenvalue weighted by Crippen LogP contribution is 2.29. The van der Waals surface area contributed by atoms with Crippen molar-refractivity contribution in [3.63, 3.8) is 0 Å². The molecule has 4 heteroatoms. The Hall–Kier alpha value is -3.06. The second-order valence-corrected chi connectivity index (χ2v) is 4.77. The molecule has 2 rings (SSSR count). The van der Waals surface area contributed by atoms with Crippen LogP contribution in [-0.2, 0) is 4.79 Å². The third-order valence-corrected chi connectivity index (χ3v) is 3.24. The van der Waals surface area contributed by atoms with E-state index in [0.717, 1.165) is 11.1 Å². The van der Waals surface area contributed by atoms with Crippen molar-refractivity contribution < 1.29 is 15.0 Å². The van der Waals surface area contributed by atoms with Gasteiger partial charge < -0.3 is 10.2 Å². The van der Waals surface area contributed by atoms with Gasteiger partial charge >= 0.3 is 5.97 Å². The maximum absolute atomic E-state index is 10.8. The number of benzene rings is 2. The summed E-state index contributed by atoms with van der Waals surface area (Å²) in [5, 5.41) is 27.7. The van der Waals surface area contributed by atoms with Crippen LogP contribution in [-0.4, -0.2) is 16.2 Å². The molecule has 2 aromatic carbocycles. The number of nitriles is 1. The molecule has 22 heavy (non-hydrogen) atoms. The van der Waals surface area contributed by atoms with E-state index < -0.39 is 5.97 Å². The molecule has 0 unspecified atom stereocenters. The van der Waals surface area contributed by atoms with Crippen molar-refractivity contribution in [2.45, 2.75) is 12.8 Å². The first-order chi connectivity index (χ1) is 10.6. The second kappa shape index (κ2) is 7.09. The molecule has 0 radical (unpaired) electrons. The van der Waals surface area contributed by atoms with Gasteiger partial charge in [-0.1, -0.05) is 42.5 Å². The van der Waals surface area contributed by atoms with Gasteiger partial charge in [0.1, 0.15) is 5.75 Å². The van der Waals surface area contributed by atoms with E-state index in [1.54, 1.807) is 24.3 Å². The van der Waals surface area contributed by atoms with E-state index in [4.69, 9.17) is 5.11 Å². The average Bonchev–Trinajstić information content (AvgIpc) is 2.53. The summed E-state index contributed by atoms with van der Waals surface area (Å²) in [6, 6.07) is 18.0. The van der Waals surface area contributed by atoms with Gasteiger partial charge in [0.05, 0.1) is 12.5 Å². The first kappa shape index (κ1) is 15.3. The first-order valence-electron chi connectivity index (χ1n) is 6.81. The predicted octanol–water partition coefficient (Wildman–Crippen LogP) is 3.58. The number of rotatable bonds is 5. The molecule has 2 aromatic rings. The van der Waals surface area contributed by atoms with E-state index in [-0.39, 0.29) is 18.6 Å². The second-order valence-electron chi connectivity index (χ2n) is 4.77. The third kappa shape index (κ3) is 3.74. The normalized spacial score (nSPS) is 11.4. The molecule has 0 aromatic heterocycles. The van der Waals surface area contributed by atoms with Gasteiger partial charge in [-0.3, -0.25) is 4.79 Å². The van der Waals surface area contributed by atoms with Crippen LogP contribution in [0.2, 0.25) is 0 Å². The standard InChI is InChI=1S/C18H15NO3/c19-12-15(8-11-17(21)22)18(13-4-2-1-3-5-13)14-6-9-16(20)10-7-14/h1-7,9-10,20H,8,11H2,(H,21,22). The van der Waals surface area contributed by atoms with Crippen molar-refractivity contribution in [2.24, 2.45) is 0 Å². The van der Waals surface area contributed by atoms with E-state index in [1.165, 1.54) is 0 Å². The van der Waals surface area contributed by atoms with Crippen LogP contribution in [0.4, 0.5) is 0 Å². The van der Waals surface area contributed by atoms with Crippen LogP contribution in [0.1, 0.15) is 24.0 Å². The molecule has 0 heterocycles. The van der Waals surface area contributed by atoms with Crippen LogP contribution in [0.3, 0.4) is 0 Å². The smallest absolute Gasteiger partial charge is 0.303 e. The monoisotopic (exact) mass is 293 g/mol. The van der Waals surface area contributed by atoms with Crippen molar-refractivity contribution in [2.75, 3.05) is 0 Å². The van der Waals surface area contributed by atoms with E-state index in [0.29, 0.717) is 11.1 Å². The number of allylic oxidation sites excluding steroid dienone is 1. The molecule has 0 fully saturated rings. The lowest BCUT2D eigenvalue weighted by molar-refractivity contribution is -0.136. The summed E-state index contributed by atoms with van der Waals surface area (Å²) in [7, 11) is 0. The lowest BCUT2D eigenvalue weighted by Crippen LogP contribution is -1.99. The molecule has 4 nitrogen and oxygen atoms in total. The Balaban J connectivity index is 2.56. The van der Waals surface area contributed by atoms with Crippen molar-refractivity contribution in [3.8, 4) is 11.8 Å². The first-order valence-corrected chi connectivity index (χ1v) is 6.81. The molecule has 0 aliphatic rings. The van der Waals surface area contributed by atoms with Crippen molar-refractivity contribution in [1.82, 2.24) is 0 Å². The van der Waals surface area contributed by atoms with Gasteiger partial charge in [0.15, 0.2) is 0 Å². The largest absolute Gasteiger partial charge is 0.508 e. The number of aromatic hydroxyl groups is 1. The number of phenolic OH excluding ortho intramolecular Hbond substituents is 1. The minimum atomic E-state index is -0.939. The molecule has 0 aliphatic carbocycles. The zero-order valence-electron chi connectivity index (χ0n) is 11.9. The third-order valence-electron chi connectivity index (χ3n) is 3.24. The number of carbonyl (C=O) groups is 1. The molecule has 0 bridgehead atoms. The van der Waals surface area contributed by atoms with Crippen LogP contribution in [0, 0.1) is 11.3 Å². The fourth-order valence-corrected chi connectivity index (χ4v) is 2.22. The van der Waals surface area contributed by atoms with Crippen molar-refractivity contribution in [1.29, 1.82) is 5.26 Å². The molecule has 0 saturated carbocycles. The fraction of sp³-hybridized carbons (Fsp3) is 0.111. The van der Waals surface area contributed by atoms with E-state index in [9.17, 15) is 15.2 Å². The zero-order valence-corrected chi connectivity index (χ0v) is 11.9. The predicted molar refractivity (Wildman–Crippen MR) is 83.1 cm³/mol. The maximum atomic E-state index is 10.8. The summed E-state index contributed by atoms with van der Waals surface area (Å²) >= 11 is 0. The minimum Gasteiger partial charge on any atom is -0.508 e. The average molecular weight is 293 g/mol. The zero-order chi connectivity index (χ0) is 15.9. The van der Waals surface area contributed by atoms with Crippen LogP contribution in [0.25, 0.3) is 5.57 Å². The van der Waals surface area contributed by atoms with Gasteiger partial charge in [-0.2, -0.15) is 5.26 Å². The topological polar surface area (TPSA) is 81.3 Å². The highest BCUT2D eigenvalue weighted by Gasteiger charge is 2.13. The van der Waals surface area contributed by atoms with Crippen LogP contribution >= 0.6 is 0 Å². The molecule has 0 saturated heterocycles. The Kier molecular flexibility index (Phi) is 4.94. The molecule has 0 spiro atoms. The number of nitrogens with zero attached hydrogens (tertiary/aromatic N) is 1. The number of phenols is 1. The summed E-state index contributed by atoms with van der Waals surface area (Å²) in [5.41, 5.74) is 2.73. The SMILES string of the molecule is N#CC(CCC(=O)O)=C(c1ccccc1)c1ccc(O)cc1. The van der Waals surface area contributed by atoms with Crippen LogP contribution in [0.15, 0.2) is 60.2 Å². The lowest BCUT2D eigenvalue weighted by Gasteiger charge is -2.11. The van der Waals surface area contributed by atoms with Gasteiger partial charge in [0.2, 0.25) is 0 Å². The minimum absolute atomic E-state index is 0.0999. The Morgan fingerprint density at radius 2 is 1.55 bits per heavy atom. The van der Waals surface area contributed by atoms with Crippen LogP contribution in [0.5, 0.6) is 5.75 Å². The molecule has 2 N–H and O–H groups in total. The molecule has 0 aliphatic heterocycles. The van der Waals surface area contributed by atoms with Gasteiger partial charge in [-0.25, -0.2) is 0 Å². The highest BCUT2D eigenvalue weighted by molar-refractivity contribution is 5.84. The van der Waals surface area contributed by atoms with Crippen molar-refractivity contribution in [3.05, 3.63) is 71.3 Å². The van der Waals surface area contributed by atoms with Gasteiger partial charge in [-0.05, 0) is 29.7 Å². The van der Waals surface area contributed by atoms with Crippen LogP contribution < -0.4 is 0 Å². The number of hydrogen-bond donors (Lipinski definition) is 2. The van der Waals surface area contributed by atoms with Gasteiger partial charge in [0, 0.05) is 11.1 Å². The number of carboxylic acid groups (broad SMARTS) is 1. The maximum Gasteiger partial charge on any atom is 0.303 e. The summed E-state index contributed by atoms with van der Waals surface area (Å²) < 4.78 is 0. The molecular formula is C18H15NO3. The summed E-state index contributed by atoms with van der Waals surface area (Å²) in [6.45, 7) is 0. The molecular weight excluding hydrogens is 278 g/mol. The highest BCUT2D eigenvalue weighted by atomic mass is 16.4. The number of carboxylic acids is 1. The Labute approximate surface area is 128 Å². The number of aliphatic carboxylic acids is 1. The van der Waals surface area contributed by atoms with E-state index in [2.05, 4.69) is 6.07 Å². The lowest BCUT2D eigenvalue weighted by atomic mass is 9.91. The fourth-order valence-electron chi connectivity index (χ4n) is 2.22. The molecule has 0 amide bonds. The quantitative estimate of drug-likeness (QED) is 0.825. The Morgan fingerprint density at radius 1 is 0.955 bits per heavy atom. The van der Waals surface area contributed by atoms with Gasteiger partial charge in [0.25, 0.3) is 0 Å². The Morgan fingerprint density at radius 3 is 2.09 bits per heavy atom. The van der Waals surface area contributed by atoms with Gasteiger partial charge in [-0.15, -0.1) is 0 Å². The molecule has 0 atom stereocenters. The Bertz CT molecular complexity index is 725.